The van der Waals surface area contributed by atoms with Gasteiger partial charge in [0.15, 0.2) is 0 Å². The summed E-state index contributed by atoms with van der Waals surface area (Å²) in [5, 5.41) is 0. The van der Waals surface area contributed by atoms with Crippen molar-refractivity contribution in [1.82, 2.24) is 9.80 Å². The fourth-order valence-corrected chi connectivity index (χ4v) is 2.02. The molecular formula is C15H23N3O3. The number of ether oxygens (including phenoxy) is 1. The van der Waals surface area contributed by atoms with E-state index < -0.39 is 0 Å². The van der Waals surface area contributed by atoms with Crippen LogP contribution in [0, 0.1) is 0 Å². The highest BCUT2D eigenvalue weighted by Gasteiger charge is 2.19. The van der Waals surface area contributed by atoms with Gasteiger partial charge in [0.25, 0.3) is 5.91 Å². The van der Waals surface area contributed by atoms with Crippen LogP contribution in [-0.2, 0) is 4.79 Å². The van der Waals surface area contributed by atoms with Crippen LogP contribution in [0.4, 0.5) is 5.69 Å². The van der Waals surface area contributed by atoms with Gasteiger partial charge in [-0.25, -0.2) is 0 Å². The van der Waals surface area contributed by atoms with Gasteiger partial charge in [0.2, 0.25) is 5.91 Å². The summed E-state index contributed by atoms with van der Waals surface area (Å²) in [6, 6.07) is 4.87. The Morgan fingerprint density at radius 2 is 1.86 bits per heavy atom. The lowest BCUT2D eigenvalue weighted by Gasteiger charge is -2.23. The summed E-state index contributed by atoms with van der Waals surface area (Å²) in [6.07, 6.45) is 0. The Bertz CT molecular complexity index is 513. The number of nitrogens with zero attached hydrogens (tertiary/aromatic N) is 2. The SMILES string of the molecule is CCN(CC)C(=O)CN(C)C(=O)c1ccc(OC)cc1N. The van der Waals surface area contributed by atoms with Gasteiger partial charge in [-0.1, -0.05) is 0 Å². The van der Waals surface area contributed by atoms with Gasteiger partial charge in [0.1, 0.15) is 5.75 Å². The monoisotopic (exact) mass is 293 g/mol. The van der Waals surface area contributed by atoms with E-state index in [0.29, 0.717) is 30.1 Å². The second-order valence-corrected chi connectivity index (χ2v) is 4.68. The zero-order valence-corrected chi connectivity index (χ0v) is 13.0. The molecule has 1 rings (SSSR count). The molecule has 0 unspecified atom stereocenters. The summed E-state index contributed by atoms with van der Waals surface area (Å²) < 4.78 is 5.05. The molecule has 0 spiro atoms. The predicted octanol–water partition coefficient (Wildman–Crippen LogP) is 1.22. The second kappa shape index (κ2) is 7.52. The first-order valence-corrected chi connectivity index (χ1v) is 6.91. The molecule has 0 saturated carbocycles. The number of methoxy groups -OCH3 is 1. The number of amides is 2. The number of benzene rings is 1. The highest BCUT2D eigenvalue weighted by Crippen LogP contribution is 2.20. The number of carbonyl (C=O) groups excluding carboxylic acids is 2. The van der Waals surface area contributed by atoms with Crippen LogP contribution in [0.5, 0.6) is 5.75 Å². The fraction of sp³-hybridized carbons (Fsp3) is 0.467. The van der Waals surface area contributed by atoms with E-state index in [1.807, 2.05) is 13.8 Å². The maximum Gasteiger partial charge on any atom is 0.256 e. The first kappa shape index (κ1) is 16.8. The summed E-state index contributed by atoms with van der Waals surface area (Å²) in [7, 11) is 3.12. The quantitative estimate of drug-likeness (QED) is 0.800. The van der Waals surface area contributed by atoms with Crippen molar-refractivity contribution in [3.05, 3.63) is 23.8 Å². The Labute approximate surface area is 125 Å². The largest absolute Gasteiger partial charge is 0.497 e. The molecule has 0 aromatic heterocycles. The smallest absolute Gasteiger partial charge is 0.256 e. The van der Waals surface area contributed by atoms with Gasteiger partial charge < -0.3 is 20.3 Å². The minimum atomic E-state index is -0.282. The third-order valence-electron chi connectivity index (χ3n) is 3.32. The second-order valence-electron chi connectivity index (χ2n) is 4.68. The number of rotatable bonds is 6. The van der Waals surface area contributed by atoms with Gasteiger partial charge in [0, 0.05) is 31.9 Å². The van der Waals surface area contributed by atoms with Crippen LogP contribution in [0.2, 0.25) is 0 Å². The summed E-state index contributed by atoms with van der Waals surface area (Å²) in [4.78, 5) is 27.4. The van der Waals surface area contributed by atoms with E-state index in [2.05, 4.69) is 0 Å². The molecule has 1 aromatic carbocycles. The average molecular weight is 293 g/mol. The van der Waals surface area contributed by atoms with Crippen LogP contribution in [0.15, 0.2) is 18.2 Å². The molecule has 0 radical (unpaired) electrons. The van der Waals surface area contributed by atoms with E-state index in [1.54, 1.807) is 30.1 Å². The van der Waals surface area contributed by atoms with Crippen molar-refractivity contribution < 1.29 is 14.3 Å². The van der Waals surface area contributed by atoms with Crippen molar-refractivity contribution in [2.24, 2.45) is 0 Å². The van der Waals surface area contributed by atoms with Gasteiger partial charge in [-0.05, 0) is 26.0 Å². The standard InChI is InChI=1S/C15H23N3O3/c1-5-18(6-2)14(19)10-17(3)15(20)12-8-7-11(21-4)9-13(12)16/h7-9H,5-6,10,16H2,1-4H3. The Morgan fingerprint density at radius 3 is 2.33 bits per heavy atom. The molecule has 6 heteroatoms. The van der Waals surface area contributed by atoms with Crippen molar-refractivity contribution in [2.75, 3.05) is 39.5 Å². The molecule has 1 aromatic rings. The van der Waals surface area contributed by atoms with E-state index in [9.17, 15) is 9.59 Å². The van der Waals surface area contributed by atoms with Crippen molar-refractivity contribution >= 4 is 17.5 Å². The zero-order valence-electron chi connectivity index (χ0n) is 13.0. The van der Waals surface area contributed by atoms with Crippen LogP contribution in [0.3, 0.4) is 0 Å². The molecular weight excluding hydrogens is 270 g/mol. The lowest BCUT2D eigenvalue weighted by atomic mass is 10.1. The first-order valence-electron chi connectivity index (χ1n) is 6.91. The van der Waals surface area contributed by atoms with Crippen molar-refractivity contribution in [3.63, 3.8) is 0 Å². The molecule has 0 heterocycles. The third-order valence-corrected chi connectivity index (χ3v) is 3.32. The molecule has 0 aliphatic heterocycles. The van der Waals surface area contributed by atoms with Crippen LogP contribution in [0.1, 0.15) is 24.2 Å². The van der Waals surface area contributed by atoms with Crippen LogP contribution < -0.4 is 10.5 Å². The number of nitrogens with two attached hydrogens (primary N) is 1. The minimum Gasteiger partial charge on any atom is -0.497 e. The molecule has 116 valence electrons. The first-order chi connectivity index (χ1) is 9.94. The van der Waals surface area contributed by atoms with E-state index in [1.165, 1.54) is 12.0 Å². The van der Waals surface area contributed by atoms with Crippen LogP contribution in [0.25, 0.3) is 0 Å². The maximum absolute atomic E-state index is 12.3. The van der Waals surface area contributed by atoms with Gasteiger partial charge >= 0.3 is 0 Å². The molecule has 6 nitrogen and oxygen atoms in total. The van der Waals surface area contributed by atoms with Gasteiger partial charge in [-0.15, -0.1) is 0 Å². The number of carbonyl (C=O) groups is 2. The molecule has 2 amide bonds. The highest BCUT2D eigenvalue weighted by atomic mass is 16.5. The Hall–Kier alpha value is -2.24. The summed E-state index contributed by atoms with van der Waals surface area (Å²) in [5.74, 6) is 0.226. The third kappa shape index (κ3) is 4.11. The number of likely N-dealkylation sites (N-methyl/N-ethyl adjacent to an activating group) is 2. The van der Waals surface area contributed by atoms with Crippen molar-refractivity contribution in [1.29, 1.82) is 0 Å². The van der Waals surface area contributed by atoms with Gasteiger partial charge in [-0.2, -0.15) is 0 Å². The number of hydrogen-bond acceptors (Lipinski definition) is 4. The average Bonchev–Trinajstić information content (AvgIpc) is 2.47. The minimum absolute atomic E-state index is 0.0337. The highest BCUT2D eigenvalue weighted by molar-refractivity contribution is 6.00. The van der Waals surface area contributed by atoms with Crippen molar-refractivity contribution in [2.45, 2.75) is 13.8 Å². The van der Waals surface area contributed by atoms with E-state index in [4.69, 9.17) is 10.5 Å². The normalized spacial score (nSPS) is 10.1. The Kier molecular flexibility index (Phi) is 6.02. The molecule has 0 bridgehead atoms. The number of nitrogen functional groups attached to an aromatic ring is 1. The van der Waals surface area contributed by atoms with Crippen molar-refractivity contribution in [3.8, 4) is 5.75 Å². The van der Waals surface area contributed by atoms with Crippen LogP contribution in [-0.4, -0.2) is 55.4 Å². The lowest BCUT2D eigenvalue weighted by Crippen LogP contribution is -2.41. The summed E-state index contributed by atoms with van der Waals surface area (Å²) in [6.45, 7) is 5.10. The molecule has 0 aliphatic rings. The van der Waals surface area contributed by atoms with Gasteiger partial charge in [-0.3, -0.25) is 9.59 Å². The number of hydrogen-bond donors (Lipinski definition) is 1. The molecule has 21 heavy (non-hydrogen) atoms. The van der Waals surface area contributed by atoms with Crippen LogP contribution >= 0.6 is 0 Å². The van der Waals surface area contributed by atoms with E-state index >= 15 is 0 Å². The molecule has 0 saturated heterocycles. The lowest BCUT2D eigenvalue weighted by molar-refractivity contribution is -0.131. The predicted molar refractivity (Wildman–Crippen MR) is 82.3 cm³/mol. The molecule has 0 atom stereocenters. The Morgan fingerprint density at radius 1 is 1.24 bits per heavy atom. The Balaban J connectivity index is 2.81. The van der Waals surface area contributed by atoms with E-state index in [-0.39, 0.29) is 18.4 Å². The van der Waals surface area contributed by atoms with E-state index in [0.717, 1.165) is 0 Å². The molecule has 0 fully saturated rings. The maximum atomic E-state index is 12.3. The number of anilines is 1. The van der Waals surface area contributed by atoms with Gasteiger partial charge in [0.05, 0.1) is 19.2 Å². The molecule has 2 N–H and O–H groups in total. The summed E-state index contributed by atoms with van der Waals surface area (Å²) in [5.41, 5.74) is 6.56. The fourth-order valence-electron chi connectivity index (χ4n) is 2.02. The molecule has 0 aliphatic carbocycles. The summed E-state index contributed by atoms with van der Waals surface area (Å²) >= 11 is 0. The topological polar surface area (TPSA) is 75.9 Å². The zero-order chi connectivity index (χ0) is 16.0.